The van der Waals surface area contributed by atoms with Crippen LogP contribution in [0.3, 0.4) is 0 Å². The maximum absolute atomic E-state index is 13.6. The lowest BCUT2D eigenvalue weighted by atomic mass is 9.85. The number of hydrogen-bond donors (Lipinski definition) is 1. The number of nitrogens with two attached hydrogens (primary N) is 1. The predicted octanol–water partition coefficient (Wildman–Crippen LogP) is 2.69. The topological polar surface area (TPSA) is 91.9 Å². The highest BCUT2D eigenvalue weighted by molar-refractivity contribution is 6.31. The van der Waals surface area contributed by atoms with Crippen LogP contribution in [-0.4, -0.2) is 64.4 Å². The number of carbonyl (C=O) groups is 3. The highest BCUT2D eigenvalue weighted by atomic mass is 35.5. The number of amides is 3. The van der Waals surface area contributed by atoms with E-state index in [-0.39, 0.29) is 18.4 Å². The lowest BCUT2D eigenvalue weighted by molar-refractivity contribution is -0.132. The van der Waals surface area contributed by atoms with Crippen molar-refractivity contribution in [1.82, 2.24) is 14.4 Å². The maximum Gasteiger partial charge on any atom is 0.256 e. The van der Waals surface area contributed by atoms with Gasteiger partial charge in [-0.3, -0.25) is 14.4 Å². The smallest absolute Gasteiger partial charge is 0.256 e. The Labute approximate surface area is 202 Å². The van der Waals surface area contributed by atoms with Gasteiger partial charge in [-0.15, -0.1) is 0 Å². The zero-order chi connectivity index (χ0) is 24.0. The van der Waals surface area contributed by atoms with Crippen LogP contribution < -0.4 is 10.6 Å². The number of nitrogens with zero attached hydrogens (tertiary/aromatic N) is 4. The number of para-hydroxylation sites is 1. The summed E-state index contributed by atoms with van der Waals surface area (Å²) in [6.45, 7) is 1.40. The van der Waals surface area contributed by atoms with Crippen molar-refractivity contribution in [2.75, 3.05) is 31.7 Å². The van der Waals surface area contributed by atoms with Crippen LogP contribution in [0.2, 0.25) is 5.02 Å². The van der Waals surface area contributed by atoms with Gasteiger partial charge < -0.3 is 25.0 Å². The quantitative estimate of drug-likeness (QED) is 0.622. The van der Waals surface area contributed by atoms with E-state index in [1.165, 1.54) is 0 Å². The number of piperidine rings is 1. The highest BCUT2D eigenvalue weighted by Crippen LogP contribution is 2.39. The van der Waals surface area contributed by atoms with Crippen LogP contribution in [0.25, 0.3) is 10.9 Å². The number of primary amides is 1. The first kappa shape index (κ1) is 22.3. The van der Waals surface area contributed by atoms with E-state index in [2.05, 4.69) is 4.90 Å². The van der Waals surface area contributed by atoms with Gasteiger partial charge in [0.2, 0.25) is 11.8 Å². The molecule has 5 rings (SSSR count). The summed E-state index contributed by atoms with van der Waals surface area (Å²) in [7, 11) is 1.82. The van der Waals surface area contributed by atoms with Crippen molar-refractivity contribution < 1.29 is 14.4 Å². The molecule has 1 spiro atoms. The minimum Gasteiger partial charge on any atom is -0.368 e. The third-order valence-electron chi connectivity index (χ3n) is 6.96. The Kier molecular flexibility index (Phi) is 5.48. The van der Waals surface area contributed by atoms with Gasteiger partial charge in [0.1, 0.15) is 12.1 Å². The largest absolute Gasteiger partial charge is 0.368 e. The molecule has 0 aliphatic carbocycles. The van der Waals surface area contributed by atoms with Gasteiger partial charge in [-0.05, 0) is 37.1 Å². The van der Waals surface area contributed by atoms with Crippen molar-refractivity contribution in [2.45, 2.75) is 24.9 Å². The van der Waals surface area contributed by atoms with E-state index in [0.29, 0.717) is 48.7 Å². The Bertz CT molecular complexity index is 1280. The van der Waals surface area contributed by atoms with E-state index >= 15 is 0 Å². The Morgan fingerprint density at radius 1 is 1.09 bits per heavy atom. The third kappa shape index (κ3) is 3.58. The van der Waals surface area contributed by atoms with Gasteiger partial charge in [0.15, 0.2) is 0 Å². The second kappa shape index (κ2) is 8.36. The molecule has 1 aromatic heterocycles. The van der Waals surface area contributed by atoms with E-state index in [1.807, 2.05) is 37.4 Å². The Hall–Kier alpha value is -3.52. The van der Waals surface area contributed by atoms with Gasteiger partial charge in [0.05, 0.1) is 17.7 Å². The minimum absolute atomic E-state index is 0.0416. The van der Waals surface area contributed by atoms with E-state index in [9.17, 15) is 14.4 Å². The zero-order valence-corrected chi connectivity index (χ0v) is 19.7. The molecule has 0 saturated carbocycles. The number of aromatic nitrogens is 1. The number of hydrogen-bond acceptors (Lipinski definition) is 4. The Morgan fingerprint density at radius 3 is 2.47 bits per heavy atom. The van der Waals surface area contributed by atoms with Crippen molar-refractivity contribution in [3.8, 4) is 0 Å². The SMILES string of the molecule is CN1CN(c2ccccc2)C2(CCN(C(=O)c3cn(CC(N)=O)c4cc(Cl)ccc34)CC2)C1=O. The summed E-state index contributed by atoms with van der Waals surface area (Å²) in [4.78, 5) is 44.1. The highest BCUT2D eigenvalue weighted by Gasteiger charge is 2.53. The summed E-state index contributed by atoms with van der Waals surface area (Å²) in [5.41, 5.74) is 6.94. The number of rotatable bonds is 4. The van der Waals surface area contributed by atoms with Crippen molar-refractivity contribution in [3.63, 3.8) is 0 Å². The second-order valence-electron chi connectivity index (χ2n) is 9.03. The molecule has 2 N–H and O–H groups in total. The van der Waals surface area contributed by atoms with Crippen molar-refractivity contribution in [3.05, 3.63) is 65.3 Å². The van der Waals surface area contributed by atoms with Crippen LogP contribution >= 0.6 is 11.6 Å². The number of benzene rings is 2. The number of carbonyl (C=O) groups excluding carboxylic acids is 3. The molecule has 2 aromatic carbocycles. The zero-order valence-electron chi connectivity index (χ0n) is 18.9. The molecule has 3 amide bonds. The number of fused-ring (bicyclic) bond motifs is 1. The molecule has 0 unspecified atom stereocenters. The molecular weight excluding hydrogens is 454 g/mol. The van der Waals surface area contributed by atoms with Gasteiger partial charge in [-0.2, -0.15) is 0 Å². The second-order valence-corrected chi connectivity index (χ2v) is 9.47. The van der Waals surface area contributed by atoms with Gasteiger partial charge >= 0.3 is 0 Å². The molecule has 3 aromatic rings. The minimum atomic E-state index is -0.652. The normalized spacial score (nSPS) is 17.7. The molecule has 0 bridgehead atoms. The molecule has 0 radical (unpaired) electrons. The van der Waals surface area contributed by atoms with Crippen LogP contribution in [0.15, 0.2) is 54.7 Å². The van der Waals surface area contributed by atoms with Gasteiger partial charge in [-0.25, -0.2) is 0 Å². The molecular formula is C25H26ClN5O3. The molecule has 2 fully saturated rings. The van der Waals surface area contributed by atoms with Crippen LogP contribution in [0, 0.1) is 0 Å². The molecule has 176 valence electrons. The molecule has 2 aliphatic rings. The van der Waals surface area contributed by atoms with E-state index in [0.717, 1.165) is 11.1 Å². The summed E-state index contributed by atoms with van der Waals surface area (Å²) in [6.07, 6.45) is 2.76. The molecule has 8 nitrogen and oxygen atoms in total. The fourth-order valence-corrected chi connectivity index (χ4v) is 5.45. The van der Waals surface area contributed by atoms with Gasteiger partial charge in [0, 0.05) is 42.4 Å². The van der Waals surface area contributed by atoms with Crippen LogP contribution in [0.5, 0.6) is 0 Å². The van der Waals surface area contributed by atoms with Crippen LogP contribution in [0.1, 0.15) is 23.2 Å². The maximum atomic E-state index is 13.6. The summed E-state index contributed by atoms with van der Waals surface area (Å²) in [6, 6.07) is 15.2. The summed E-state index contributed by atoms with van der Waals surface area (Å²) < 4.78 is 1.66. The monoisotopic (exact) mass is 479 g/mol. The first-order valence-electron chi connectivity index (χ1n) is 11.2. The molecule has 2 aliphatic heterocycles. The number of halogens is 1. The van der Waals surface area contributed by atoms with Crippen molar-refractivity contribution in [1.29, 1.82) is 0 Å². The van der Waals surface area contributed by atoms with E-state index < -0.39 is 11.4 Å². The standard InChI is InChI=1S/C25H26ClN5O3/c1-28-16-31(18-5-3-2-4-6-18)25(24(28)34)9-11-29(12-10-25)23(33)20-14-30(15-22(27)32)21-13-17(26)7-8-19(20)21/h2-8,13-14H,9-12,15-16H2,1H3,(H2,27,32). The van der Waals surface area contributed by atoms with Crippen LogP contribution in [0.4, 0.5) is 5.69 Å². The third-order valence-corrected chi connectivity index (χ3v) is 7.20. The molecule has 3 heterocycles. The number of likely N-dealkylation sites (tertiary alicyclic amines) is 1. The Balaban J connectivity index is 1.42. The summed E-state index contributed by atoms with van der Waals surface area (Å²) >= 11 is 6.16. The molecule has 34 heavy (non-hydrogen) atoms. The number of likely N-dealkylation sites (N-methyl/N-ethyl adjacent to an activating group) is 1. The molecule has 0 atom stereocenters. The van der Waals surface area contributed by atoms with E-state index in [4.69, 9.17) is 17.3 Å². The van der Waals surface area contributed by atoms with Crippen LogP contribution in [-0.2, 0) is 16.1 Å². The van der Waals surface area contributed by atoms with Crippen molar-refractivity contribution in [2.24, 2.45) is 5.73 Å². The first-order valence-corrected chi connectivity index (χ1v) is 11.6. The molecule has 2 saturated heterocycles. The summed E-state index contributed by atoms with van der Waals surface area (Å²) in [5, 5.41) is 1.23. The average molecular weight is 480 g/mol. The predicted molar refractivity (Wildman–Crippen MR) is 131 cm³/mol. The van der Waals surface area contributed by atoms with Crippen molar-refractivity contribution >= 4 is 45.9 Å². The fraction of sp³-hybridized carbons (Fsp3) is 0.320. The molecule has 9 heteroatoms. The summed E-state index contributed by atoms with van der Waals surface area (Å²) in [5.74, 6) is -0.535. The van der Waals surface area contributed by atoms with Gasteiger partial charge in [0.25, 0.3) is 5.91 Å². The van der Waals surface area contributed by atoms with E-state index in [1.54, 1.807) is 38.8 Å². The lowest BCUT2D eigenvalue weighted by Gasteiger charge is -2.43. The first-order chi connectivity index (χ1) is 16.3. The lowest BCUT2D eigenvalue weighted by Crippen LogP contribution is -2.57. The average Bonchev–Trinajstić information content (AvgIpc) is 3.29. The van der Waals surface area contributed by atoms with Gasteiger partial charge in [-0.1, -0.05) is 35.9 Å². The fourth-order valence-electron chi connectivity index (χ4n) is 5.29. The Morgan fingerprint density at radius 2 is 1.79 bits per heavy atom. The number of anilines is 1.